The molecule has 1 N–H and O–H groups in total. The zero-order valence-electron chi connectivity index (χ0n) is 8.21. The van der Waals surface area contributed by atoms with E-state index >= 15 is 0 Å². The van der Waals surface area contributed by atoms with Crippen LogP contribution in [0.4, 0.5) is 0 Å². The van der Waals surface area contributed by atoms with Crippen LogP contribution in [0.3, 0.4) is 0 Å². The third kappa shape index (κ3) is 2.42. The summed E-state index contributed by atoms with van der Waals surface area (Å²) >= 11 is 6.03. The number of halogens is 1. The highest BCUT2D eigenvalue weighted by atomic mass is 35.5. The van der Waals surface area contributed by atoms with Crippen LogP contribution in [0.5, 0.6) is 0 Å². The van der Waals surface area contributed by atoms with Crippen molar-refractivity contribution >= 4 is 11.6 Å². The van der Waals surface area contributed by atoms with E-state index in [1.54, 1.807) is 12.4 Å². The van der Waals surface area contributed by atoms with Gasteiger partial charge in [0.2, 0.25) is 0 Å². The van der Waals surface area contributed by atoms with Crippen molar-refractivity contribution in [2.75, 3.05) is 7.05 Å². The summed E-state index contributed by atoms with van der Waals surface area (Å²) in [4.78, 5) is 3.96. The summed E-state index contributed by atoms with van der Waals surface area (Å²) in [7, 11) is 1.95. The molecule has 2 unspecified atom stereocenters. The summed E-state index contributed by atoms with van der Waals surface area (Å²) in [5, 5.41) is 3.96. The van der Waals surface area contributed by atoms with E-state index in [0.29, 0.717) is 12.0 Å². The van der Waals surface area contributed by atoms with Crippen LogP contribution in [0.15, 0.2) is 18.5 Å². The monoisotopic (exact) mass is 198 g/mol. The maximum Gasteiger partial charge on any atom is 0.0624 e. The Morgan fingerprint density at radius 1 is 1.46 bits per heavy atom. The first kappa shape index (κ1) is 10.5. The Morgan fingerprint density at radius 3 is 2.69 bits per heavy atom. The summed E-state index contributed by atoms with van der Waals surface area (Å²) in [6.07, 6.45) is 3.47. The molecule has 0 amide bonds. The average Bonchev–Trinajstić information content (AvgIpc) is 2.16. The summed E-state index contributed by atoms with van der Waals surface area (Å²) in [5.41, 5.74) is 1.15. The minimum atomic E-state index is 0.403. The first-order valence-corrected chi connectivity index (χ1v) is 4.81. The molecule has 3 heteroatoms. The van der Waals surface area contributed by atoms with Crippen molar-refractivity contribution in [1.29, 1.82) is 0 Å². The molecular formula is C10H15ClN2. The van der Waals surface area contributed by atoms with E-state index in [2.05, 4.69) is 24.1 Å². The number of aromatic nitrogens is 1. The maximum absolute atomic E-state index is 6.03. The van der Waals surface area contributed by atoms with Gasteiger partial charge in [0.15, 0.2) is 0 Å². The fourth-order valence-electron chi connectivity index (χ4n) is 1.27. The predicted molar refractivity (Wildman–Crippen MR) is 56.2 cm³/mol. The van der Waals surface area contributed by atoms with Gasteiger partial charge in [0.25, 0.3) is 0 Å². The molecule has 1 aromatic heterocycles. The molecule has 2 nitrogen and oxygen atoms in total. The van der Waals surface area contributed by atoms with Crippen LogP contribution in [0, 0.1) is 0 Å². The SMILES string of the molecule is CNC(C)C(C)c1ccncc1Cl. The van der Waals surface area contributed by atoms with E-state index in [-0.39, 0.29) is 0 Å². The van der Waals surface area contributed by atoms with Gasteiger partial charge < -0.3 is 5.32 Å². The molecule has 0 fully saturated rings. The van der Waals surface area contributed by atoms with E-state index < -0.39 is 0 Å². The van der Waals surface area contributed by atoms with Crippen LogP contribution in [0.25, 0.3) is 0 Å². The Bertz CT molecular complexity index is 275. The fraction of sp³-hybridized carbons (Fsp3) is 0.500. The predicted octanol–water partition coefficient (Wildman–Crippen LogP) is 2.45. The molecule has 0 saturated heterocycles. The van der Waals surface area contributed by atoms with Gasteiger partial charge in [0.1, 0.15) is 0 Å². The number of nitrogens with one attached hydrogen (secondary N) is 1. The Labute approximate surface area is 84.3 Å². The lowest BCUT2D eigenvalue weighted by atomic mass is 9.95. The molecule has 0 aliphatic rings. The quantitative estimate of drug-likeness (QED) is 0.807. The Kier molecular flexibility index (Phi) is 3.70. The number of hydrogen-bond donors (Lipinski definition) is 1. The fourth-order valence-corrected chi connectivity index (χ4v) is 1.57. The molecule has 0 aromatic carbocycles. The first-order valence-electron chi connectivity index (χ1n) is 4.43. The average molecular weight is 199 g/mol. The van der Waals surface area contributed by atoms with Crippen molar-refractivity contribution in [3.63, 3.8) is 0 Å². The van der Waals surface area contributed by atoms with Crippen molar-refractivity contribution in [2.24, 2.45) is 0 Å². The van der Waals surface area contributed by atoms with Gasteiger partial charge in [0, 0.05) is 18.4 Å². The smallest absolute Gasteiger partial charge is 0.0624 e. The molecule has 1 aromatic rings. The van der Waals surface area contributed by atoms with Gasteiger partial charge >= 0.3 is 0 Å². The van der Waals surface area contributed by atoms with Crippen LogP contribution in [0.1, 0.15) is 25.3 Å². The van der Waals surface area contributed by atoms with Gasteiger partial charge in [-0.15, -0.1) is 0 Å². The molecule has 0 aliphatic carbocycles. The topological polar surface area (TPSA) is 24.9 Å². The summed E-state index contributed by atoms with van der Waals surface area (Å²) in [5.74, 6) is 0.403. The minimum Gasteiger partial charge on any atom is -0.317 e. The van der Waals surface area contributed by atoms with E-state index in [9.17, 15) is 0 Å². The second-order valence-electron chi connectivity index (χ2n) is 3.26. The van der Waals surface area contributed by atoms with E-state index in [1.807, 2.05) is 13.1 Å². The second kappa shape index (κ2) is 4.58. The molecule has 1 rings (SSSR count). The number of pyridine rings is 1. The van der Waals surface area contributed by atoms with Crippen LogP contribution in [0.2, 0.25) is 5.02 Å². The highest BCUT2D eigenvalue weighted by Crippen LogP contribution is 2.25. The molecule has 0 radical (unpaired) electrons. The molecule has 0 spiro atoms. The summed E-state index contributed by atoms with van der Waals surface area (Å²) in [6.45, 7) is 4.30. The molecule has 0 aliphatic heterocycles. The third-order valence-electron chi connectivity index (χ3n) is 2.50. The van der Waals surface area contributed by atoms with Crippen molar-refractivity contribution in [2.45, 2.75) is 25.8 Å². The molecule has 72 valence electrons. The van der Waals surface area contributed by atoms with E-state index in [1.165, 1.54) is 0 Å². The van der Waals surface area contributed by atoms with Crippen molar-refractivity contribution < 1.29 is 0 Å². The molecule has 2 atom stereocenters. The van der Waals surface area contributed by atoms with Crippen molar-refractivity contribution in [3.05, 3.63) is 29.0 Å². The highest BCUT2D eigenvalue weighted by molar-refractivity contribution is 6.31. The molecular weight excluding hydrogens is 184 g/mol. The lowest BCUT2D eigenvalue weighted by Crippen LogP contribution is -2.27. The molecule has 1 heterocycles. The third-order valence-corrected chi connectivity index (χ3v) is 2.82. The van der Waals surface area contributed by atoms with Crippen molar-refractivity contribution in [3.8, 4) is 0 Å². The minimum absolute atomic E-state index is 0.403. The van der Waals surface area contributed by atoms with E-state index in [0.717, 1.165) is 10.6 Å². The number of hydrogen-bond acceptors (Lipinski definition) is 2. The molecule has 0 saturated carbocycles. The lowest BCUT2D eigenvalue weighted by Gasteiger charge is -2.20. The normalized spacial score (nSPS) is 15.4. The summed E-state index contributed by atoms with van der Waals surface area (Å²) in [6, 6.07) is 2.39. The second-order valence-corrected chi connectivity index (χ2v) is 3.67. The molecule has 0 bridgehead atoms. The Morgan fingerprint density at radius 2 is 2.15 bits per heavy atom. The van der Waals surface area contributed by atoms with Crippen LogP contribution in [-0.2, 0) is 0 Å². The standard InChI is InChI=1S/C10H15ClN2/c1-7(8(2)12-3)9-4-5-13-6-10(9)11/h4-8,12H,1-3H3. The largest absolute Gasteiger partial charge is 0.317 e. The Hall–Kier alpha value is -0.600. The lowest BCUT2D eigenvalue weighted by molar-refractivity contribution is 0.524. The zero-order valence-corrected chi connectivity index (χ0v) is 8.97. The number of nitrogens with zero attached hydrogens (tertiary/aromatic N) is 1. The first-order chi connectivity index (χ1) is 6.16. The van der Waals surface area contributed by atoms with Gasteiger partial charge in [-0.25, -0.2) is 0 Å². The zero-order chi connectivity index (χ0) is 9.84. The number of rotatable bonds is 3. The van der Waals surface area contributed by atoms with Gasteiger partial charge in [0.05, 0.1) is 5.02 Å². The van der Waals surface area contributed by atoms with Crippen LogP contribution < -0.4 is 5.32 Å². The van der Waals surface area contributed by atoms with Crippen molar-refractivity contribution in [1.82, 2.24) is 10.3 Å². The van der Waals surface area contributed by atoms with Gasteiger partial charge in [-0.05, 0) is 31.5 Å². The molecule has 13 heavy (non-hydrogen) atoms. The van der Waals surface area contributed by atoms with Gasteiger partial charge in [-0.2, -0.15) is 0 Å². The van der Waals surface area contributed by atoms with Gasteiger partial charge in [-0.1, -0.05) is 18.5 Å². The van der Waals surface area contributed by atoms with E-state index in [4.69, 9.17) is 11.6 Å². The number of likely N-dealkylation sites (N-methyl/N-ethyl adjacent to an activating group) is 1. The maximum atomic E-state index is 6.03. The summed E-state index contributed by atoms with van der Waals surface area (Å²) < 4.78 is 0. The Balaban J connectivity index is 2.88. The van der Waals surface area contributed by atoms with Crippen LogP contribution in [-0.4, -0.2) is 18.1 Å². The van der Waals surface area contributed by atoms with Crippen LogP contribution >= 0.6 is 11.6 Å². The van der Waals surface area contributed by atoms with Gasteiger partial charge in [-0.3, -0.25) is 4.98 Å². The highest BCUT2D eigenvalue weighted by Gasteiger charge is 2.14.